The molecule has 0 spiro atoms. The average molecular weight is 234 g/mol. The second-order valence-corrected chi connectivity index (χ2v) is 6.11. The Morgan fingerprint density at radius 3 is 3.06 bits per heavy atom. The monoisotopic (exact) mass is 234 g/mol. The largest absolute Gasteiger partial charge is 0.462 e. The van der Waals surface area contributed by atoms with Crippen molar-refractivity contribution in [2.75, 3.05) is 6.61 Å². The number of epoxide rings is 1. The smallest absolute Gasteiger partial charge is 0.330 e. The zero-order chi connectivity index (χ0) is 11.6. The zero-order valence-electron chi connectivity index (χ0n) is 9.88. The summed E-state index contributed by atoms with van der Waals surface area (Å²) >= 11 is 0. The van der Waals surface area contributed by atoms with Crippen LogP contribution >= 0.6 is 0 Å². The van der Waals surface area contributed by atoms with E-state index < -0.39 is 0 Å². The van der Waals surface area contributed by atoms with Gasteiger partial charge in [-0.2, -0.15) is 0 Å². The van der Waals surface area contributed by atoms with E-state index in [-0.39, 0.29) is 5.97 Å². The number of ether oxygens (including phenoxy) is 2. The van der Waals surface area contributed by atoms with E-state index in [4.69, 9.17) is 9.47 Å². The first-order valence-electron chi connectivity index (χ1n) is 6.72. The number of esters is 1. The molecule has 0 aromatic rings. The van der Waals surface area contributed by atoms with Crippen LogP contribution in [0.25, 0.3) is 0 Å². The van der Waals surface area contributed by atoms with E-state index in [1.54, 1.807) is 0 Å². The zero-order valence-corrected chi connectivity index (χ0v) is 9.88. The van der Waals surface area contributed by atoms with Gasteiger partial charge in [-0.25, -0.2) is 4.79 Å². The Hall–Kier alpha value is -0.830. The molecule has 3 saturated carbocycles. The van der Waals surface area contributed by atoms with Crippen LogP contribution in [0.1, 0.15) is 19.3 Å². The van der Waals surface area contributed by atoms with Crippen LogP contribution < -0.4 is 0 Å². The summed E-state index contributed by atoms with van der Waals surface area (Å²) in [4.78, 5) is 11.1. The molecule has 7 unspecified atom stereocenters. The fourth-order valence-corrected chi connectivity index (χ4v) is 4.91. The highest BCUT2D eigenvalue weighted by atomic mass is 16.6. The minimum absolute atomic E-state index is 0.276. The molecule has 4 fully saturated rings. The van der Waals surface area contributed by atoms with Crippen LogP contribution in [-0.2, 0) is 14.3 Å². The molecule has 1 saturated heterocycles. The van der Waals surface area contributed by atoms with Gasteiger partial charge < -0.3 is 9.47 Å². The fourth-order valence-electron chi connectivity index (χ4n) is 4.91. The molecule has 2 bridgehead atoms. The van der Waals surface area contributed by atoms with E-state index in [1.807, 2.05) is 0 Å². The molecule has 0 amide bonds. The standard InChI is InChI=1S/C14H18O3/c1-2-12(15)16-6-8-3-7-4-9(8)10-5-11-14(17-11)13(7)10/h2,7-11,13-14H,1,3-6H2. The summed E-state index contributed by atoms with van der Waals surface area (Å²) in [5.41, 5.74) is 0. The van der Waals surface area contributed by atoms with Gasteiger partial charge in [-0.15, -0.1) is 0 Å². The summed E-state index contributed by atoms with van der Waals surface area (Å²) in [7, 11) is 0. The highest BCUT2D eigenvalue weighted by Gasteiger charge is 2.66. The number of rotatable bonds is 3. The van der Waals surface area contributed by atoms with E-state index in [9.17, 15) is 4.79 Å². The Morgan fingerprint density at radius 2 is 2.24 bits per heavy atom. The average Bonchev–Trinajstić information content (AvgIpc) is 2.76. The summed E-state index contributed by atoms with van der Waals surface area (Å²) in [6.07, 6.45) is 6.30. The number of hydrogen-bond acceptors (Lipinski definition) is 3. The lowest BCUT2D eigenvalue weighted by atomic mass is 9.75. The van der Waals surface area contributed by atoms with Crippen molar-refractivity contribution in [2.45, 2.75) is 31.5 Å². The van der Waals surface area contributed by atoms with Crippen LogP contribution in [-0.4, -0.2) is 24.8 Å². The molecule has 4 aliphatic rings. The lowest BCUT2D eigenvalue weighted by Crippen LogP contribution is -2.30. The maximum Gasteiger partial charge on any atom is 0.330 e. The molecule has 0 aromatic heterocycles. The summed E-state index contributed by atoms with van der Waals surface area (Å²) < 4.78 is 10.9. The molecular formula is C14H18O3. The van der Waals surface area contributed by atoms with E-state index in [0.717, 1.165) is 23.7 Å². The molecule has 1 heterocycles. The molecule has 0 radical (unpaired) electrons. The van der Waals surface area contributed by atoms with Crippen LogP contribution in [0.2, 0.25) is 0 Å². The fraction of sp³-hybridized carbons (Fsp3) is 0.786. The van der Waals surface area contributed by atoms with Crippen LogP contribution in [0.5, 0.6) is 0 Å². The Labute approximate surface area is 101 Å². The van der Waals surface area contributed by atoms with E-state index >= 15 is 0 Å². The Morgan fingerprint density at radius 1 is 1.35 bits per heavy atom. The molecule has 3 heteroatoms. The second-order valence-electron chi connectivity index (χ2n) is 6.11. The number of fused-ring (bicyclic) bond motifs is 7. The van der Waals surface area contributed by atoms with Gasteiger partial charge in [0.1, 0.15) is 0 Å². The first kappa shape index (κ1) is 10.1. The SMILES string of the molecule is C=CC(=O)OCC1CC2CC1C1CC3OC3C21. The number of carbonyl (C=O) groups is 1. The van der Waals surface area contributed by atoms with Crippen molar-refractivity contribution in [1.82, 2.24) is 0 Å². The van der Waals surface area contributed by atoms with Gasteiger partial charge in [0.25, 0.3) is 0 Å². The van der Waals surface area contributed by atoms with Crippen molar-refractivity contribution >= 4 is 5.97 Å². The number of hydrogen-bond donors (Lipinski definition) is 0. The van der Waals surface area contributed by atoms with Crippen molar-refractivity contribution in [3.8, 4) is 0 Å². The molecule has 3 nitrogen and oxygen atoms in total. The van der Waals surface area contributed by atoms with Gasteiger partial charge in [0.15, 0.2) is 0 Å². The van der Waals surface area contributed by atoms with E-state index in [2.05, 4.69) is 6.58 Å². The maximum absolute atomic E-state index is 11.1. The van der Waals surface area contributed by atoms with Crippen LogP contribution in [0, 0.1) is 29.6 Å². The molecule has 4 rings (SSSR count). The van der Waals surface area contributed by atoms with Crippen molar-refractivity contribution in [1.29, 1.82) is 0 Å². The maximum atomic E-state index is 11.1. The van der Waals surface area contributed by atoms with Crippen molar-refractivity contribution < 1.29 is 14.3 Å². The minimum atomic E-state index is -0.276. The van der Waals surface area contributed by atoms with Crippen LogP contribution in [0.15, 0.2) is 12.7 Å². The molecule has 1 aliphatic heterocycles. The summed E-state index contributed by atoms with van der Waals surface area (Å²) in [6.45, 7) is 4.03. The molecule has 7 atom stereocenters. The van der Waals surface area contributed by atoms with Crippen LogP contribution in [0.3, 0.4) is 0 Å². The lowest BCUT2D eigenvalue weighted by Gasteiger charge is -2.32. The Bertz CT molecular complexity index is 378. The minimum Gasteiger partial charge on any atom is -0.462 e. The Balaban J connectivity index is 1.42. The third kappa shape index (κ3) is 1.35. The second kappa shape index (κ2) is 3.35. The van der Waals surface area contributed by atoms with Gasteiger partial charge in [-0.05, 0) is 48.9 Å². The van der Waals surface area contributed by atoms with Gasteiger partial charge in [-0.3, -0.25) is 0 Å². The highest BCUT2D eigenvalue weighted by molar-refractivity contribution is 5.81. The van der Waals surface area contributed by atoms with E-state index in [0.29, 0.717) is 24.7 Å². The molecule has 92 valence electrons. The van der Waals surface area contributed by atoms with Gasteiger partial charge in [0.05, 0.1) is 18.8 Å². The summed E-state index contributed by atoms with van der Waals surface area (Å²) in [5, 5.41) is 0. The molecule has 0 aromatic carbocycles. The van der Waals surface area contributed by atoms with Gasteiger partial charge in [-0.1, -0.05) is 6.58 Å². The predicted octanol–water partition coefficient (Wildman–Crippen LogP) is 1.78. The highest BCUT2D eigenvalue weighted by Crippen LogP contribution is 2.65. The first-order valence-corrected chi connectivity index (χ1v) is 6.72. The Kier molecular flexibility index (Phi) is 1.99. The molecule has 3 aliphatic carbocycles. The van der Waals surface area contributed by atoms with Gasteiger partial charge >= 0.3 is 5.97 Å². The van der Waals surface area contributed by atoms with Crippen molar-refractivity contribution in [2.24, 2.45) is 29.6 Å². The third-order valence-corrected chi connectivity index (χ3v) is 5.49. The van der Waals surface area contributed by atoms with Crippen LogP contribution in [0.4, 0.5) is 0 Å². The summed E-state index contributed by atoms with van der Waals surface area (Å²) in [5.74, 6) is 3.67. The topological polar surface area (TPSA) is 38.8 Å². The van der Waals surface area contributed by atoms with Crippen molar-refractivity contribution in [3.63, 3.8) is 0 Å². The number of carbonyl (C=O) groups excluding carboxylic acids is 1. The normalized spacial score (nSPS) is 53.1. The molecule has 17 heavy (non-hydrogen) atoms. The molecule has 0 N–H and O–H groups in total. The first-order chi connectivity index (χ1) is 8.28. The predicted molar refractivity (Wildman–Crippen MR) is 61.1 cm³/mol. The quantitative estimate of drug-likeness (QED) is 0.424. The summed E-state index contributed by atoms with van der Waals surface area (Å²) in [6, 6.07) is 0. The van der Waals surface area contributed by atoms with E-state index in [1.165, 1.54) is 25.3 Å². The van der Waals surface area contributed by atoms with Crippen molar-refractivity contribution in [3.05, 3.63) is 12.7 Å². The lowest BCUT2D eigenvalue weighted by molar-refractivity contribution is -0.140. The van der Waals surface area contributed by atoms with Gasteiger partial charge in [0.2, 0.25) is 0 Å². The third-order valence-electron chi connectivity index (χ3n) is 5.49. The van der Waals surface area contributed by atoms with Gasteiger partial charge in [0, 0.05) is 6.08 Å². The molecular weight excluding hydrogens is 216 g/mol.